The molecule has 1 aliphatic heterocycles. The molecule has 0 spiro atoms. The zero-order chi connectivity index (χ0) is 14.7. The van der Waals surface area contributed by atoms with E-state index in [1.54, 1.807) is 16.2 Å². The molecule has 4 nitrogen and oxygen atoms in total. The summed E-state index contributed by atoms with van der Waals surface area (Å²) in [6, 6.07) is 3.72. The van der Waals surface area contributed by atoms with Crippen LogP contribution in [0.25, 0.3) is 0 Å². The van der Waals surface area contributed by atoms with Gasteiger partial charge in [0.25, 0.3) is 0 Å². The van der Waals surface area contributed by atoms with Gasteiger partial charge in [0, 0.05) is 17.8 Å². The van der Waals surface area contributed by atoms with E-state index < -0.39 is 0 Å². The number of nitrogens with one attached hydrogen (secondary N) is 1. The van der Waals surface area contributed by atoms with Crippen molar-refractivity contribution < 1.29 is 9.59 Å². The first kappa shape index (κ1) is 14.6. The highest BCUT2D eigenvalue weighted by Crippen LogP contribution is 2.25. The fourth-order valence-electron chi connectivity index (χ4n) is 3.35. The lowest BCUT2D eigenvalue weighted by Gasteiger charge is -2.24. The van der Waals surface area contributed by atoms with Crippen molar-refractivity contribution in [3.8, 4) is 0 Å². The van der Waals surface area contributed by atoms with E-state index in [0.29, 0.717) is 25.3 Å². The quantitative estimate of drug-likeness (QED) is 0.909. The van der Waals surface area contributed by atoms with Crippen molar-refractivity contribution >= 4 is 23.2 Å². The molecule has 1 saturated carbocycles. The molecular formula is C16H22N2O2S. The van der Waals surface area contributed by atoms with Crippen LogP contribution in [0, 0.1) is 5.92 Å². The van der Waals surface area contributed by atoms with Crippen molar-refractivity contribution in [3.63, 3.8) is 0 Å². The maximum atomic E-state index is 12.4. The van der Waals surface area contributed by atoms with Gasteiger partial charge in [0.15, 0.2) is 0 Å². The van der Waals surface area contributed by atoms with E-state index in [-0.39, 0.29) is 17.9 Å². The molecule has 2 heterocycles. The molecule has 2 fully saturated rings. The Morgan fingerprint density at radius 3 is 2.86 bits per heavy atom. The van der Waals surface area contributed by atoms with Crippen LogP contribution in [0.4, 0.5) is 0 Å². The highest BCUT2D eigenvalue weighted by Gasteiger charge is 2.36. The molecule has 21 heavy (non-hydrogen) atoms. The first-order valence-corrected chi connectivity index (χ1v) is 8.71. The Kier molecular flexibility index (Phi) is 4.58. The molecule has 1 N–H and O–H groups in total. The van der Waals surface area contributed by atoms with Gasteiger partial charge in [-0.3, -0.25) is 9.59 Å². The van der Waals surface area contributed by atoms with Crippen LogP contribution in [-0.2, 0) is 16.1 Å². The van der Waals surface area contributed by atoms with Gasteiger partial charge < -0.3 is 10.2 Å². The predicted octanol–water partition coefficient (Wildman–Crippen LogP) is 2.55. The highest BCUT2D eigenvalue weighted by atomic mass is 32.1. The second-order valence-corrected chi connectivity index (χ2v) is 7.08. The van der Waals surface area contributed by atoms with Crippen molar-refractivity contribution in [2.75, 3.05) is 6.54 Å². The van der Waals surface area contributed by atoms with Crippen LogP contribution >= 0.6 is 11.3 Å². The van der Waals surface area contributed by atoms with Crippen LogP contribution in [0.15, 0.2) is 17.5 Å². The van der Waals surface area contributed by atoms with Crippen molar-refractivity contribution in [3.05, 3.63) is 22.4 Å². The Hall–Kier alpha value is -1.36. The van der Waals surface area contributed by atoms with Gasteiger partial charge in [-0.1, -0.05) is 18.9 Å². The third kappa shape index (κ3) is 3.46. The lowest BCUT2D eigenvalue weighted by Crippen LogP contribution is -2.45. The minimum absolute atomic E-state index is 0.0318. The molecule has 0 radical (unpaired) electrons. The van der Waals surface area contributed by atoms with Gasteiger partial charge in [0.2, 0.25) is 11.8 Å². The van der Waals surface area contributed by atoms with Gasteiger partial charge in [0.1, 0.15) is 6.04 Å². The second-order valence-electron chi connectivity index (χ2n) is 6.05. The molecule has 3 rings (SSSR count). The van der Waals surface area contributed by atoms with Crippen LogP contribution in [0.3, 0.4) is 0 Å². The molecule has 1 saturated heterocycles. The monoisotopic (exact) mass is 306 g/mol. The average Bonchev–Trinajstić information content (AvgIpc) is 3.21. The third-order valence-electron chi connectivity index (χ3n) is 4.58. The topological polar surface area (TPSA) is 49.4 Å². The van der Waals surface area contributed by atoms with E-state index in [1.807, 2.05) is 17.5 Å². The van der Waals surface area contributed by atoms with E-state index in [9.17, 15) is 9.59 Å². The van der Waals surface area contributed by atoms with Gasteiger partial charge in [-0.05, 0) is 36.6 Å². The van der Waals surface area contributed by atoms with Crippen LogP contribution in [-0.4, -0.2) is 29.3 Å². The first-order valence-electron chi connectivity index (χ1n) is 7.83. The number of amides is 2. The summed E-state index contributed by atoms with van der Waals surface area (Å²) < 4.78 is 0. The van der Waals surface area contributed by atoms with E-state index in [4.69, 9.17) is 0 Å². The maximum absolute atomic E-state index is 12.4. The summed E-state index contributed by atoms with van der Waals surface area (Å²) >= 11 is 1.63. The van der Waals surface area contributed by atoms with E-state index in [0.717, 1.165) is 11.4 Å². The summed E-state index contributed by atoms with van der Waals surface area (Å²) in [6.07, 6.45) is 6.17. The van der Waals surface area contributed by atoms with E-state index in [1.165, 1.54) is 25.7 Å². The molecule has 1 aliphatic carbocycles. The predicted molar refractivity (Wildman–Crippen MR) is 82.9 cm³/mol. The van der Waals surface area contributed by atoms with Gasteiger partial charge >= 0.3 is 0 Å². The summed E-state index contributed by atoms with van der Waals surface area (Å²) in [5.74, 6) is 0.769. The number of carbonyl (C=O) groups excluding carboxylic acids is 2. The minimum atomic E-state index is -0.277. The normalized spacial score (nSPS) is 23.0. The molecule has 1 atom stereocenters. The number of carbonyl (C=O) groups is 2. The lowest BCUT2D eigenvalue weighted by molar-refractivity contribution is -0.135. The van der Waals surface area contributed by atoms with Gasteiger partial charge in [-0.2, -0.15) is 0 Å². The highest BCUT2D eigenvalue weighted by molar-refractivity contribution is 7.09. The average molecular weight is 306 g/mol. The number of hydrogen-bond acceptors (Lipinski definition) is 3. The molecule has 0 aromatic carbocycles. The molecule has 1 aromatic heterocycles. The number of thiophene rings is 1. The smallest absolute Gasteiger partial charge is 0.242 e. The SMILES string of the molecule is O=C(NCC1CCCC1)[C@H]1CCC(=O)N1Cc1cccs1. The summed E-state index contributed by atoms with van der Waals surface area (Å²) in [6.45, 7) is 1.34. The van der Waals surface area contributed by atoms with E-state index >= 15 is 0 Å². The molecule has 1 aromatic rings. The molecule has 5 heteroatoms. The summed E-state index contributed by atoms with van der Waals surface area (Å²) in [4.78, 5) is 27.3. The number of hydrogen-bond donors (Lipinski definition) is 1. The second kappa shape index (κ2) is 6.60. The largest absolute Gasteiger partial charge is 0.354 e. The maximum Gasteiger partial charge on any atom is 0.242 e. The van der Waals surface area contributed by atoms with Crippen molar-refractivity contribution in [2.45, 2.75) is 51.1 Å². The Morgan fingerprint density at radius 2 is 2.14 bits per heavy atom. The lowest BCUT2D eigenvalue weighted by atomic mass is 10.1. The molecular weight excluding hydrogens is 284 g/mol. The molecule has 0 bridgehead atoms. The zero-order valence-electron chi connectivity index (χ0n) is 12.2. The van der Waals surface area contributed by atoms with Crippen LogP contribution in [0.5, 0.6) is 0 Å². The van der Waals surface area contributed by atoms with Crippen LogP contribution in [0.2, 0.25) is 0 Å². The fraction of sp³-hybridized carbons (Fsp3) is 0.625. The Labute approximate surface area is 129 Å². The molecule has 2 aliphatic rings. The molecule has 114 valence electrons. The van der Waals surface area contributed by atoms with Crippen LogP contribution < -0.4 is 5.32 Å². The van der Waals surface area contributed by atoms with Gasteiger partial charge in [-0.15, -0.1) is 11.3 Å². The fourth-order valence-corrected chi connectivity index (χ4v) is 4.05. The molecule has 0 unspecified atom stereocenters. The van der Waals surface area contributed by atoms with Crippen molar-refractivity contribution in [1.82, 2.24) is 10.2 Å². The first-order chi connectivity index (χ1) is 10.2. The van der Waals surface area contributed by atoms with Crippen molar-refractivity contribution in [2.24, 2.45) is 5.92 Å². The van der Waals surface area contributed by atoms with Gasteiger partial charge in [0.05, 0.1) is 6.54 Å². The van der Waals surface area contributed by atoms with E-state index in [2.05, 4.69) is 5.32 Å². The number of likely N-dealkylation sites (tertiary alicyclic amines) is 1. The number of rotatable bonds is 5. The molecule has 2 amide bonds. The Balaban J connectivity index is 1.56. The third-order valence-corrected chi connectivity index (χ3v) is 5.44. The summed E-state index contributed by atoms with van der Waals surface area (Å²) in [5, 5.41) is 5.07. The van der Waals surface area contributed by atoms with Crippen molar-refractivity contribution in [1.29, 1.82) is 0 Å². The number of nitrogens with zero attached hydrogens (tertiary/aromatic N) is 1. The minimum Gasteiger partial charge on any atom is -0.354 e. The summed E-state index contributed by atoms with van der Waals surface area (Å²) in [5.41, 5.74) is 0. The Morgan fingerprint density at radius 1 is 1.33 bits per heavy atom. The standard InChI is InChI=1S/C16H22N2O2S/c19-15-8-7-14(18(15)11-13-6-3-9-21-13)16(20)17-10-12-4-1-2-5-12/h3,6,9,12,14H,1-2,4-5,7-8,10-11H2,(H,17,20)/t14-/m1/s1. The Bertz CT molecular complexity index is 494. The zero-order valence-corrected chi connectivity index (χ0v) is 13.0. The van der Waals surface area contributed by atoms with Crippen LogP contribution in [0.1, 0.15) is 43.4 Å². The summed E-state index contributed by atoms with van der Waals surface area (Å²) in [7, 11) is 0. The van der Waals surface area contributed by atoms with Gasteiger partial charge in [-0.25, -0.2) is 0 Å².